The van der Waals surface area contributed by atoms with Crippen LogP contribution in [0.3, 0.4) is 0 Å². The van der Waals surface area contributed by atoms with Gasteiger partial charge in [-0.25, -0.2) is 14.8 Å². The van der Waals surface area contributed by atoms with Gasteiger partial charge in [0.15, 0.2) is 0 Å². The van der Waals surface area contributed by atoms with E-state index >= 15 is 0 Å². The van der Waals surface area contributed by atoms with Crippen molar-refractivity contribution in [3.05, 3.63) is 36.4 Å². The zero-order chi connectivity index (χ0) is 27.5. The number of carboxylic acid groups (broad SMARTS) is 1. The van der Waals surface area contributed by atoms with Crippen LogP contribution < -0.4 is 33.2 Å². The van der Waals surface area contributed by atoms with Gasteiger partial charge in [-0.3, -0.25) is 24.0 Å². The van der Waals surface area contributed by atoms with E-state index in [1.165, 1.54) is 25.0 Å². The molecule has 0 saturated carbocycles. The van der Waals surface area contributed by atoms with Crippen LogP contribution >= 0.6 is 0 Å². The number of carbonyl (C=O) groups excluding carboxylic acids is 5. The predicted octanol–water partition coefficient (Wildman–Crippen LogP) is -4.46. The summed E-state index contributed by atoms with van der Waals surface area (Å²) < 4.78 is 0. The summed E-state index contributed by atoms with van der Waals surface area (Å²) in [7, 11) is 0. The van der Waals surface area contributed by atoms with Gasteiger partial charge in [-0.15, -0.1) is 0 Å². The number of nitrogens with one attached hydrogen (secondary N) is 5. The van der Waals surface area contributed by atoms with Gasteiger partial charge in [0.05, 0.1) is 31.5 Å². The van der Waals surface area contributed by atoms with Crippen LogP contribution in [0.2, 0.25) is 0 Å². The molecular weight excluding hydrogens is 492 g/mol. The number of aromatic nitrogens is 4. The second-order valence-electron chi connectivity index (χ2n) is 8.03. The molecule has 5 amide bonds. The summed E-state index contributed by atoms with van der Waals surface area (Å²) in [5.41, 5.74) is 16.7. The van der Waals surface area contributed by atoms with Gasteiger partial charge in [-0.1, -0.05) is 0 Å². The molecule has 0 bridgehead atoms. The Hall–Kier alpha value is -4.80. The lowest BCUT2D eigenvalue weighted by Gasteiger charge is -2.24. The highest BCUT2D eigenvalue weighted by molar-refractivity contribution is 5.96. The summed E-state index contributed by atoms with van der Waals surface area (Å²) in [6, 6.07) is -5.69. The maximum Gasteiger partial charge on any atom is 0.326 e. The number of hydrogen-bond donors (Lipinski definition) is 9. The first-order chi connectivity index (χ1) is 17.5. The molecule has 17 nitrogen and oxygen atoms in total. The predicted molar refractivity (Wildman–Crippen MR) is 124 cm³/mol. The first kappa shape index (κ1) is 28.4. The molecule has 0 spiro atoms. The zero-order valence-corrected chi connectivity index (χ0v) is 19.5. The summed E-state index contributed by atoms with van der Waals surface area (Å²) >= 11 is 0. The number of carboxylic acids is 1. The molecule has 0 fully saturated rings. The molecule has 4 atom stereocenters. The maximum atomic E-state index is 13.1. The third-order valence-electron chi connectivity index (χ3n) is 5.00. The third kappa shape index (κ3) is 9.40. The molecule has 2 heterocycles. The van der Waals surface area contributed by atoms with Crippen molar-refractivity contribution >= 4 is 35.5 Å². The van der Waals surface area contributed by atoms with Crippen LogP contribution in [-0.2, 0) is 41.6 Å². The third-order valence-corrected chi connectivity index (χ3v) is 5.00. The fourth-order valence-electron chi connectivity index (χ4n) is 3.19. The molecule has 4 unspecified atom stereocenters. The lowest BCUT2D eigenvalue weighted by molar-refractivity contribution is -0.142. The summed E-state index contributed by atoms with van der Waals surface area (Å²) in [5.74, 6) is -5.97. The Morgan fingerprint density at radius 1 is 0.757 bits per heavy atom. The topological polar surface area (TPSA) is 294 Å². The molecule has 12 N–H and O–H groups in total. The van der Waals surface area contributed by atoms with Crippen LogP contribution in [0.4, 0.5) is 0 Å². The molecule has 200 valence electrons. The Labute approximate surface area is 209 Å². The Morgan fingerprint density at radius 3 is 1.68 bits per heavy atom. The number of hydrogen-bond acceptors (Lipinski definition) is 9. The Morgan fingerprint density at radius 2 is 1.22 bits per heavy atom. The fraction of sp³-hybridized carbons (Fsp3) is 0.400. The minimum absolute atomic E-state index is 0.136. The average molecular weight is 521 g/mol. The second-order valence-corrected chi connectivity index (χ2v) is 8.03. The standard InChI is InChI=1S/C20H28N10O7/c21-11(3-15(22)31)17(33)28-12(1-9-5-24-7-26-9)18(34)29-13(4-16(23)32)19(35)30-14(20(36)37)2-10-6-25-8-27-10/h5-8,11-14H,1-4,21H2,(H2,22,31)(H2,23,32)(H,24,26)(H,25,27)(H,28,33)(H,29,34)(H,30,35)(H,36,37). The highest BCUT2D eigenvalue weighted by atomic mass is 16.4. The summed E-state index contributed by atoms with van der Waals surface area (Å²) in [6.45, 7) is 0. The molecule has 2 aromatic heterocycles. The van der Waals surface area contributed by atoms with Crippen molar-refractivity contribution in [2.24, 2.45) is 17.2 Å². The molecule has 0 aliphatic rings. The van der Waals surface area contributed by atoms with Gasteiger partial charge in [-0.2, -0.15) is 0 Å². The van der Waals surface area contributed by atoms with E-state index in [2.05, 4.69) is 35.9 Å². The normalized spacial score (nSPS) is 14.0. The van der Waals surface area contributed by atoms with Crippen molar-refractivity contribution in [1.82, 2.24) is 35.9 Å². The number of H-pyrrole nitrogens is 2. The first-order valence-corrected chi connectivity index (χ1v) is 10.9. The molecule has 37 heavy (non-hydrogen) atoms. The number of imidazole rings is 2. The Bertz CT molecular complexity index is 1100. The van der Waals surface area contributed by atoms with Gasteiger partial charge in [-0.05, 0) is 0 Å². The van der Waals surface area contributed by atoms with Crippen molar-refractivity contribution < 1.29 is 33.9 Å². The van der Waals surface area contributed by atoms with E-state index in [0.29, 0.717) is 11.4 Å². The van der Waals surface area contributed by atoms with Gasteiger partial charge in [0.25, 0.3) is 0 Å². The van der Waals surface area contributed by atoms with Crippen LogP contribution in [0.15, 0.2) is 25.0 Å². The van der Waals surface area contributed by atoms with E-state index in [9.17, 15) is 33.9 Å². The van der Waals surface area contributed by atoms with E-state index in [4.69, 9.17) is 17.2 Å². The quantitative estimate of drug-likeness (QED) is 0.108. The highest BCUT2D eigenvalue weighted by Gasteiger charge is 2.32. The molecule has 0 saturated heterocycles. The van der Waals surface area contributed by atoms with E-state index in [1.54, 1.807) is 0 Å². The summed E-state index contributed by atoms with van der Waals surface area (Å²) in [6.07, 6.45) is 3.98. The number of rotatable bonds is 15. The van der Waals surface area contributed by atoms with E-state index in [0.717, 1.165) is 0 Å². The fourth-order valence-corrected chi connectivity index (χ4v) is 3.19. The van der Waals surface area contributed by atoms with E-state index in [-0.39, 0.29) is 12.8 Å². The smallest absolute Gasteiger partial charge is 0.326 e. The SMILES string of the molecule is NC(=O)CC(N)C(=O)NC(Cc1cnc[nH]1)C(=O)NC(CC(N)=O)C(=O)NC(Cc1cnc[nH]1)C(=O)O. The number of primary amides is 2. The van der Waals surface area contributed by atoms with Crippen molar-refractivity contribution in [2.75, 3.05) is 0 Å². The average Bonchev–Trinajstić information content (AvgIpc) is 3.51. The molecule has 0 aromatic carbocycles. The first-order valence-electron chi connectivity index (χ1n) is 10.9. The highest BCUT2D eigenvalue weighted by Crippen LogP contribution is 2.04. The van der Waals surface area contributed by atoms with Gasteiger partial charge in [0, 0.05) is 36.6 Å². The molecule has 0 aliphatic carbocycles. The number of nitrogens with two attached hydrogens (primary N) is 3. The van der Waals surface area contributed by atoms with Crippen LogP contribution in [0.25, 0.3) is 0 Å². The van der Waals surface area contributed by atoms with Crippen LogP contribution in [-0.4, -0.2) is 84.7 Å². The van der Waals surface area contributed by atoms with E-state index < -0.39 is 72.5 Å². The van der Waals surface area contributed by atoms with Crippen LogP contribution in [0.5, 0.6) is 0 Å². The van der Waals surface area contributed by atoms with Gasteiger partial charge >= 0.3 is 5.97 Å². The van der Waals surface area contributed by atoms with E-state index in [1.807, 2.05) is 0 Å². The summed E-state index contributed by atoms with van der Waals surface area (Å²) in [5, 5.41) is 16.4. The van der Waals surface area contributed by atoms with Crippen molar-refractivity contribution in [3.8, 4) is 0 Å². The largest absolute Gasteiger partial charge is 0.480 e. The minimum Gasteiger partial charge on any atom is -0.480 e. The van der Waals surface area contributed by atoms with Crippen molar-refractivity contribution in [2.45, 2.75) is 49.9 Å². The molecule has 0 aliphatic heterocycles. The number of aromatic amines is 2. The Balaban J connectivity index is 2.18. The van der Waals surface area contributed by atoms with Crippen LogP contribution in [0, 0.1) is 0 Å². The Kier molecular flexibility index (Phi) is 10.2. The molecule has 2 aromatic rings. The second kappa shape index (κ2) is 13.3. The number of carbonyl (C=O) groups is 6. The number of aliphatic carboxylic acids is 1. The van der Waals surface area contributed by atoms with Crippen molar-refractivity contribution in [3.63, 3.8) is 0 Å². The number of amides is 5. The minimum atomic E-state index is -1.57. The van der Waals surface area contributed by atoms with Gasteiger partial charge < -0.3 is 48.2 Å². The molecule has 2 rings (SSSR count). The zero-order valence-electron chi connectivity index (χ0n) is 19.5. The van der Waals surface area contributed by atoms with Gasteiger partial charge in [0.1, 0.15) is 18.1 Å². The van der Waals surface area contributed by atoms with Crippen molar-refractivity contribution in [1.29, 1.82) is 0 Å². The molecule has 17 heteroatoms. The molecular formula is C20H28N10O7. The monoisotopic (exact) mass is 520 g/mol. The number of nitrogens with zero attached hydrogens (tertiary/aromatic N) is 2. The lowest BCUT2D eigenvalue weighted by Crippen LogP contribution is -2.58. The van der Waals surface area contributed by atoms with Crippen LogP contribution in [0.1, 0.15) is 24.2 Å². The summed E-state index contributed by atoms with van der Waals surface area (Å²) in [4.78, 5) is 85.7. The maximum absolute atomic E-state index is 13.1. The molecule has 0 radical (unpaired) electrons. The lowest BCUT2D eigenvalue weighted by atomic mass is 10.1. The van der Waals surface area contributed by atoms with Gasteiger partial charge in [0.2, 0.25) is 29.5 Å².